The lowest BCUT2D eigenvalue weighted by Gasteiger charge is -2.46. The summed E-state index contributed by atoms with van der Waals surface area (Å²) in [5, 5.41) is 0. The van der Waals surface area contributed by atoms with Gasteiger partial charge in [0.2, 0.25) is 5.78 Å². The summed E-state index contributed by atoms with van der Waals surface area (Å²) in [5.74, 6) is 0.560. The summed E-state index contributed by atoms with van der Waals surface area (Å²) in [6.45, 7) is 4.23. The summed E-state index contributed by atoms with van der Waals surface area (Å²) in [5.41, 5.74) is -28.3. The maximum absolute atomic E-state index is 14.2. The molecule has 0 amide bonds. The first-order chi connectivity index (χ1) is 32.6. The van der Waals surface area contributed by atoms with Gasteiger partial charge >= 0.3 is 49.4 Å². The number of halogens is 24. The molecule has 0 aliphatic heterocycles. The minimum atomic E-state index is -6.13. The lowest BCUT2D eigenvalue weighted by Crippen LogP contribution is -2.75. The predicted octanol–water partition coefficient (Wildman–Crippen LogP) is 14.0. The highest BCUT2D eigenvalue weighted by molar-refractivity contribution is 8.02. The van der Waals surface area contributed by atoms with E-state index in [1.165, 1.54) is 5.56 Å². The maximum atomic E-state index is 14.2. The number of carbonyl (C=O) groups excluding carboxylic acids is 1. The fraction of sp³-hybridized carbons (Fsp3) is 0.311. The van der Waals surface area contributed by atoms with Crippen LogP contribution in [0.2, 0.25) is 0 Å². The van der Waals surface area contributed by atoms with Crippen LogP contribution in [0.4, 0.5) is 105 Å². The molecular weight excluding hydrogens is 1070 g/mol. The van der Waals surface area contributed by atoms with Crippen LogP contribution in [0.3, 0.4) is 0 Å². The highest BCUT2D eigenvalue weighted by Crippen LogP contribution is 2.41. The Morgan fingerprint density at radius 1 is 0.384 bits per heavy atom. The molecule has 5 aromatic rings. The summed E-state index contributed by atoms with van der Waals surface area (Å²) >= 11 is 0. The Kier molecular flexibility index (Phi) is 16.3. The minimum Gasteiger partial charge on any atom is -0.289 e. The Bertz CT molecular complexity index is 2420. The maximum Gasteiger partial charge on any atom is 0.416 e. The molecule has 0 saturated heterocycles. The van der Waals surface area contributed by atoms with Crippen molar-refractivity contribution in [2.45, 2.75) is 69.2 Å². The Morgan fingerprint density at radius 3 is 0.726 bits per heavy atom. The average molecular weight is 1100 g/mol. The zero-order chi connectivity index (χ0) is 56.3. The third-order valence-electron chi connectivity index (χ3n) is 10.8. The number of carbonyl (C=O) groups is 1. The Hall–Kier alpha value is -5.70. The zero-order valence-corrected chi connectivity index (χ0v) is 37.7. The van der Waals surface area contributed by atoms with Crippen LogP contribution in [0.15, 0.2) is 97.1 Å². The van der Waals surface area contributed by atoms with E-state index < -0.39 is 205 Å². The molecule has 28 heteroatoms. The van der Waals surface area contributed by atoms with Gasteiger partial charge in [0, 0.05) is 5.56 Å². The fourth-order valence-corrected chi connectivity index (χ4v) is 8.32. The van der Waals surface area contributed by atoms with Gasteiger partial charge in [0.25, 0.3) is 0 Å². The van der Waals surface area contributed by atoms with Gasteiger partial charge < -0.3 is 0 Å². The Morgan fingerprint density at radius 2 is 0.575 bits per heavy atom. The number of Topliss-reactive ketones (excluding diaryl/α,β-unsaturated/α-hetero) is 1. The van der Waals surface area contributed by atoms with Crippen molar-refractivity contribution in [3.05, 3.63) is 153 Å². The second kappa shape index (κ2) is 19.9. The van der Waals surface area contributed by atoms with Crippen molar-refractivity contribution in [2.24, 2.45) is 0 Å². The topological polar surface area (TPSA) is 34.1 Å². The second-order valence-electron chi connectivity index (χ2n) is 17.0. The van der Waals surface area contributed by atoms with Crippen LogP contribution in [-0.2, 0) is 63.6 Å². The molecule has 0 radical (unpaired) electrons. The van der Waals surface area contributed by atoms with Crippen LogP contribution in [0.5, 0.6) is 0 Å². The average Bonchev–Trinajstić information content (AvgIpc) is 3.21. The highest BCUT2D eigenvalue weighted by atomic mass is 32.2. The van der Waals surface area contributed by atoms with Crippen LogP contribution < -0.4 is 21.9 Å². The Balaban J connectivity index is 0.000000613. The minimum absolute atomic E-state index is 0.0368. The van der Waals surface area contributed by atoms with E-state index in [2.05, 4.69) is 13.8 Å². The third kappa shape index (κ3) is 14.5. The van der Waals surface area contributed by atoms with E-state index in [4.69, 9.17) is 0 Å². The van der Waals surface area contributed by atoms with Crippen molar-refractivity contribution >= 4 is 43.7 Å². The van der Waals surface area contributed by atoms with Crippen molar-refractivity contribution in [3.8, 4) is 0 Å². The van der Waals surface area contributed by atoms with Gasteiger partial charge in [0.05, 0.1) is 54.4 Å². The highest BCUT2D eigenvalue weighted by Gasteiger charge is 2.47. The molecule has 0 aromatic heterocycles. The number of hydrogen-bond acceptors (Lipinski definition) is 2. The van der Waals surface area contributed by atoms with Gasteiger partial charge in [0.15, 0.2) is 5.75 Å². The molecule has 2 nitrogen and oxygen atoms in total. The lowest BCUT2D eigenvalue weighted by molar-refractivity contribution is -0.144. The van der Waals surface area contributed by atoms with E-state index in [9.17, 15) is 114 Å². The van der Waals surface area contributed by atoms with Gasteiger partial charge in [-0.2, -0.15) is 127 Å². The number of benzene rings is 5. The van der Waals surface area contributed by atoms with Gasteiger partial charge in [-0.05, 0) is 35.7 Å². The van der Waals surface area contributed by atoms with Crippen molar-refractivity contribution < 1.29 is 114 Å². The lowest BCUT2D eigenvalue weighted by atomic mass is 9.12. The quantitative estimate of drug-likeness (QED) is 0.0672. The van der Waals surface area contributed by atoms with Crippen LogP contribution >= 0.6 is 0 Å². The number of alkyl halides is 24. The summed E-state index contributed by atoms with van der Waals surface area (Å²) in [4.78, 5) is 11.8. The first-order valence-corrected chi connectivity index (χ1v) is 22.5. The van der Waals surface area contributed by atoms with Crippen LogP contribution in [0.1, 0.15) is 80.2 Å². The van der Waals surface area contributed by atoms with Gasteiger partial charge in [-0.15, -0.1) is 4.21 Å². The van der Waals surface area contributed by atoms with Crippen molar-refractivity contribution in [1.82, 2.24) is 0 Å². The van der Waals surface area contributed by atoms with Gasteiger partial charge in [-0.3, -0.25) is 4.79 Å². The number of rotatable bonds is 8. The molecule has 5 rings (SSSR count). The zero-order valence-electron chi connectivity index (χ0n) is 36.9. The van der Waals surface area contributed by atoms with E-state index in [1.807, 2.05) is 24.3 Å². The van der Waals surface area contributed by atoms with Crippen molar-refractivity contribution in [1.29, 1.82) is 0 Å². The first kappa shape index (κ1) is 59.9. The van der Waals surface area contributed by atoms with E-state index in [0.29, 0.717) is 11.5 Å². The fourth-order valence-electron chi connectivity index (χ4n) is 7.52. The SMILES string of the molecule is CC(C)c1ccc(C(=O)C[S+](C)(C)=O)cc1.FC(F)(F)c1cc([B-](c2cc(C(F)(F)F)cc(C(F)(F)F)c2)(c2cc(C(F)(F)F)cc(C(F)(F)F)c2)c2cc(C(F)(F)F)cc(C(F)(F)F)c2)cc(C(F)(F)F)c1. The summed E-state index contributed by atoms with van der Waals surface area (Å²) in [6, 6.07) is -1.24. The predicted molar refractivity (Wildman–Crippen MR) is 220 cm³/mol. The molecule has 0 N–H and O–H groups in total. The van der Waals surface area contributed by atoms with E-state index in [1.54, 1.807) is 12.5 Å². The van der Waals surface area contributed by atoms with Gasteiger partial charge in [-0.25, -0.2) is 0 Å². The molecule has 0 atom stereocenters. The molecule has 0 heterocycles. The molecule has 0 aliphatic carbocycles. The van der Waals surface area contributed by atoms with Crippen molar-refractivity contribution in [2.75, 3.05) is 18.3 Å². The van der Waals surface area contributed by atoms with Crippen LogP contribution in [-0.4, -0.2) is 30.2 Å². The monoisotopic (exact) mass is 1100 g/mol. The van der Waals surface area contributed by atoms with Gasteiger partial charge in [-0.1, -0.05) is 86.6 Å². The molecule has 0 bridgehead atoms. The molecule has 0 fully saturated rings. The summed E-state index contributed by atoms with van der Waals surface area (Å²) in [6.07, 6.45) is -51.6. The molecule has 5 aromatic carbocycles. The largest absolute Gasteiger partial charge is 0.416 e. The molecule has 0 spiro atoms. The number of hydrogen-bond donors (Lipinski definition) is 0. The van der Waals surface area contributed by atoms with E-state index in [0.717, 1.165) is 0 Å². The molecule has 400 valence electrons. The van der Waals surface area contributed by atoms with Crippen molar-refractivity contribution in [3.63, 3.8) is 0 Å². The standard InChI is InChI=1S/C32H12BF24.C13H19O2S/c34-25(35,36)13-1-14(26(37,38)39)6-21(5-13)33(22-7-15(27(40,41)42)2-16(8-22)28(43,44)45,23-9-17(29(46,47)48)3-18(10-23)30(49,50)51)24-11-19(31(52,53)54)4-20(12-24)32(55,56)57;1-10(2)11-5-7-12(8-6-11)13(14)9-16(3,4)15/h1-12H;5-8,10H,9H2,1-4H3/q-1;+1. The van der Waals surface area contributed by atoms with Gasteiger partial charge in [0.1, 0.15) is 18.7 Å². The molecular formula is C45H31BF24O2S. The summed E-state index contributed by atoms with van der Waals surface area (Å²) < 4.78 is 352. The second-order valence-corrected chi connectivity index (χ2v) is 20.2. The van der Waals surface area contributed by atoms with Crippen LogP contribution in [0, 0.1) is 0 Å². The van der Waals surface area contributed by atoms with E-state index >= 15 is 0 Å². The molecule has 0 aliphatic rings. The molecule has 0 saturated carbocycles. The van der Waals surface area contributed by atoms with Crippen LogP contribution in [0.25, 0.3) is 0 Å². The third-order valence-corrected chi connectivity index (χ3v) is 11.8. The van der Waals surface area contributed by atoms with E-state index in [-0.39, 0.29) is 11.5 Å². The molecule has 73 heavy (non-hydrogen) atoms. The summed E-state index contributed by atoms with van der Waals surface area (Å²) in [7, 11) is -2.00. The first-order valence-electron chi connectivity index (χ1n) is 20.0. The smallest absolute Gasteiger partial charge is 0.289 e. The number of ketones is 1. The molecule has 0 unspecified atom stereocenters. The Labute approximate surface area is 397 Å². The normalized spacial score (nSPS) is 13.8.